The van der Waals surface area contributed by atoms with Gasteiger partial charge in [-0.2, -0.15) is 0 Å². The Hall–Kier alpha value is -0.120. The highest BCUT2D eigenvalue weighted by Crippen LogP contribution is 2.07. The standard InChI is InChI=1S/C9H22N2O/c1-4-9(12-7(2)3)8(11)5-6-10/h7-9H,4-6,10-11H2,1-3H3. The lowest BCUT2D eigenvalue weighted by Gasteiger charge is -2.24. The molecule has 0 heterocycles. The second-order valence-electron chi connectivity index (χ2n) is 3.37. The summed E-state index contributed by atoms with van der Waals surface area (Å²) in [5.41, 5.74) is 11.3. The first-order chi connectivity index (χ1) is 5.61. The van der Waals surface area contributed by atoms with E-state index in [2.05, 4.69) is 6.92 Å². The van der Waals surface area contributed by atoms with Crippen LogP contribution in [0, 0.1) is 0 Å². The van der Waals surface area contributed by atoms with E-state index in [1.54, 1.807) is 0 Å². The molecule has 0 saturated heterocycles. The molecule has 0 aliphatic rings. The Morgan fingerprint density at radius 3 is 2.25 bits per heavy atom. The van der Waals surface area contributed by atoms with Crippen LogP contribution >= 0.6 is 0 Å². The lowest BCUT2D eigenvalue weighted by atomic mass is 10.1. The number of rotatable bonds is 6. The number of nitrogens with two attached hydrogens (primary N) is 2. The smallest absolute Gasteiger partial charge is 0.0727 e. The van der Waals surface area contributed by atoms with Crippen molar-refractivity contribution in [3.05, 3.63) is 0 Å². The largest absolute Gasteiger partial charge is 0.374 e. The van der Waals surface area contributed by atoms with Crippen LogP contribution in [0.25, 0.3) is 0 Å². The third-order valence-corrected chi connectivity index (χ3v) is 1.83. The molecule has 3 nitrogen and oxygen atoms in total. The van der Waals surface area contributed by atoms with Crippen LogP contribution in [-0.4, -0.2) is 24.8 Å². The molecule has 2 atom stereocenters. The van der Waals surface area contributed by atoms with E-state index in [1.165, 1.54) is 0 Å². The Labute approximate surface area is 75.5 Å². The molecule has 0 bridgehead atoms. The lowest BCUT2D eigenvalue weighted by molar-refractivity contribution is -0.00943. The predicted molar refractivity (Wildman–Crippen MR) is 51.9 cm³/mol. The molecule has 0 rings (SSSR count). The van der Waals surface area contributed by atoms with Gasteiger partial charge in [0.15, 0.2) is 0 Å². The SMILES string of the molecule is CCC(OC(C)C)C(N)CCN. The van der Waals surface area contributed by atoms with E-state index < -0.39 is 0 Å². The molecule has 0 radical (unpaired) electrons. The summed E-state index contributed by atoms with van der Waals surface area (Å²) in [6.07, 6.45) is 2.21. The molecule has 0 aromatic carbocycles. The van der Waals surface area contributed by atoms with Crippen LogP contribution in [0.1, 0.15) is 33.6 Å². The van der Waals surface area contributed by atoms with Gasteiger partial charge < -0.3 is 16.2 Å². The first kappa shape index (κ1) is 11.9. The van der Waals surface area contributed by atoms with Crippen LogP contribution in [0.5, 0.6) is 0 Å². The highest BCUT2D eigenvalue weighted by Gasteiger charge is 2.16. The Morgan fingerprint density at radius 1 is 1.33 bits per heavy atom. The molecule has 12 heavy (non-hydrogen) atoms. The number of hydrogen-bond acceptors (Lipinski definition) is 3. The molecule has 0 amide bonds. The van der Waals surface area contributed by atoms with Gasteiger partial charge in [-0.05, 0) is 33.2 Å². The Bertz CT molecular complexity index is 107. The normalized spacial score (nSPS) is 16.5. The molecule has 2 unspecified atom stereocenters. The van der Waals surface area contributed by atoms with Gasteiger partial charge in [0.25, 0.3) is 0 Å². The minimum Gasteiger partial charge on any atom is -0.374 e. The number of hydrogen-bond donors (Lipinski definition) is 2. The summed E-state index contributed by atoms with van der Waals surface area (Å²) in [5, 5.41) is 0. The number of ether oxygens (including phenoxy) is 1. The minimum absolute atomic E-state index is 0.0856. The minimum atomic E-state index is 0.0856. The highest BCUT2D eigenvalue weighted by atomic mass is 16.5. The van der Waals surface area contributed by atoms with Gasteiger partial charge in [-0.25, -0.2) is 0 Å². The molecule has 0 aromatic rings. The summed E-state index contributed by atoms with van der Waals surface area (Å²) in [6, 6.07) is 0.0856. The van der Waals surface area contributed by atoms with Crippen molar-refractivity contribution in [2.45, 2.75) is 51.9 Å². The van der Waals surface area contributed by atoms with Gasteiger partial charge in [0, 0.05) is 6.04 Å². The summed E-state index contributed by atoms with van der Waals surface area (Å²) in [5.74, 6) is 0. The van der Waals surface area contributed by atoms with Crippen LogP contribution in [-0.2, 0) is 4.74 Å². The maximum atomic E-state index is 5.88. The van der Waals surface area contributed by atoms with Crippen molar-refractivity contribution >= 4 is 0 Å². The lowest BCUT2D eigenvalue weighted by Crippen LogP contribution is -2.39. The maximum Gasteiger partial charge on any atom is 0.0727 e. The van der Waals surface area contributed by atoms with Gasteiger partial charge in [0.2, 0.25) is 0 Å². The first-order valence-electron chi connectivity index (χ1n) is 4.72. The van der Waals surface area contributed by atoms with Crippen molar-refractivity contribution in [3.8, 4) is 0 Å². The van der Waals surface area contributed by atoms with Crippen LogP contribution in [0.4, 0.5) is 0 Å². The Morgan fingerprint density at radius 2 is 1.92 bits per heavy atom. The van der Waals surface area contributed by atoms with Crippen molar-refractivity contribution in [1.29, 1.82) is 0 Å². The van der Waals surface area contributed by atoms with Crippen molar-refractivity contribution in [2.75, 3.05) is 6.54 Å². The fourth-order valence-electron chi connectivity index (χ4n) is 1.23. The van der Waals surface area contributed by atoms with Crippen LogP contribution in [0.2, 0.25) is 0 Å². The monoisotopic (exact) mass is 174 g/mol. The van der Waals surface area contributed by atoms with Gasteiger partial charge in [-0.3, -0.25) is 0 Å². The quantitative estimate of drug-likeness (QED) is 0.628. The van der Waals surface area contributed by atoms with Gasteiger partial charge in [-0.15, -0.1) is 0 Å². The summed E-state index contributed by atoms with van der Waals surface area (Å²) in [4.78, 5) is 0. The molecule has 3 heteroatoms. The maximum absolute atomic E-state index is 5.88. The summed E-state index contributed by atoms with van der Waals surface area (Å²) in [6.45, 7) is 6.78. The molecule has 0 aliphatic heterocycles. The zero-order chi connectivity index (χ0) is 9.56. The van der Waals surface area contributed by atoms with Crippen molar-refractivity contribution in [1.82, 2.24) is 0 Å². The van der Waals surface area contributed by atoms with E-state index in [4.69, 9.17) is 16.2 Å². The van der Waals surface area contributed by atoms with E-state index in [9.17, 15) is 0 Å². The molecule has 0 aromatic heterocycles. The van der Waals surface area contributed by atoms with Crippen LogP contribution < -0.4 is 11.5 Å². The third kappa shape index (κ3) is 4.70. The fourth-order valence-corrected chi connectivity index (χ4v) is 1.23. The van der Waals surface area contributed by atoms with Gasteiger partial charge in [0.05, 0.1) is 12.2 Å². The highest BCUT2D eigenvalue weighted by molar-refractivity contribution is 4.73. The molecular weight excluding hydrogens is 152 g/mol. The molecule has 74 valence electrons. The topological polar surface area (TPSA) is 61.3 Å². The molecular formula is C9H22N2O. The third-order valence-electron chi connectivity index (χ3n) is 1.83. The fraction of sp³-hybridized carbons (Fsp3) is 1.00. The predicted octanol–water partition coefficient (Wildman–Crippen LogP) is 0.866. The summed E-state index contributed by atoms with van der Waals surface area (Å²) in [7, 11) is 0. The van der Waals surface area contributed by atoms with Crippen molar-refractivity contribution in [3.63, 3.8) is 0 Å². The van der Waals surface area contributed by atoms with Gasteiger partial charge in [-0.1, -0.05) is 6.92 Å². The molecule has 0 fully saturated rings. The molecule has 0 spiro atoms. The second kappa shape index (κ2) is 6.40. The Kier molecular flexibility index (Phi) is 6.34. The summed E-state index contributed by atoms with van der Waals surface area (Å²) >= 11 is 0. The van der Waals surface area contributed by atoms with E-state index >= 15 is 0 Å². The van der Waals surface area contributed by atoms with E-state index in [0.29, 0.717) is 6.54 Å². The summed E-state index contributed by atoms with van der Waals surface area (Å²) < 4.78 is 5.63. The zero-order valence-corrected chi connectivity index (χ0v) is 8.42. The van der Waals surface area contributed by atoms with E-state index in [1.807, 2.05) is 13.8 Å². The Balaban J connectivity index is 3.78. The second-order valence-corrected chi connectivity index (χ2v) is 3.37. The first-order valence-corrected chi connectivity index (χ1v) is 4.72. The molecule has 0 saturated carbocycles. The van der Waals surface area contributed by atoms with Crippen molar-refractivity contribution in [2.24, 2.45) is 11.5 Å². The van der Waals surface area contributed by atoms with Crippen LogP contribution in [0.15, 0.2) is 0 Å². The van der Waals surface area contributed by atoms with Gasteiger partial charge >= 0.3 is 0 Å². The van der Waals surface area contributed by atoms with Gasteiger partial charge in [0.1, 0.15) is 0 Å². The van der Waals surface area contributed by atoms with E-state index in [-0.39, 0.29) is 18.2 Å². The zero-order valence-electron chi connectivity index (χ0n) is 8.42. The van der Waals surface area contributed by atoms with E-state index in [0.717, 1.165) is 12.8 Å². The van der Waals surface area contributed by atoms with Crippen LogP contribution in [0.3, 0.4) is 0 Å². The molecule has 0 aliphatic carbocycles. The van der Waals surface area contributed by atoms with Crippen molar-refractivity contribution < 1.29 is 4.74 Å². The molecule has 4 N–H and O–H groups in total. The average Bonchev–Trinajstić information content (AvgIpc) is 2.00. The average molecular weight is 174 g/mol.